The Morgan fingerprint density at radius 2 is 1.94 bits per heavy atom. The summed E-state index contributed by atoms with van der Waals surface area (Å²) in [5.74, 6) is 1.82. The lowest BCUT2D eigenvalue weighted by molar-refractivity contribution is -0.136. The molecule has 8 heteroatoms. The van der Waals surface area contributed by atoms with Crippen molar-refractivity contribution < 1.29 is 19.4 Å². The molecule has 8 nitrogen and oxygen atoms in total. The molecule has 0 aromatic carbocycles. The predicted octanol–water partition coefficient (Wildman–Crippen LogP) is 1.91. The minimum atomic E-state index is -0.504. The van der Waals surface area contributed by atoms with Gasteiger partial charge in [0.25, 0.3) is 5.91 Å². The molecule has 4 saturated carbocycles. The van der Waals surface area contributed by atoms with E-state index in [1.165, 1.54) is 0 Å². The van der Waals surface area contributed by atoms with Crippen LogP contribution < -0.4 is 10.2 Å². The second-order valence-electron chi connectivity index (χ2n) is 10.3. The molecule has 5 fully saturated rings. The maximum Gasteiger partial charge on any atom is 0.255 e. The molecule has 1 amide bonds. The molecular formula is C23H34N4O4. The van der Waals surface area contributed by atoms with Crippen LogP contribution in [0.4, 0.5) is 5.95 Å². The maximum atomic E-state index is 13.3. The van der Waals surface area contributed by atoms with Gasteiger partial charge in [-0.2, -0.15) is 0 Å². The van der Waals surface area contributed by atoms with Gasteiger partial charge in [0.2, 0.25) is 5.95 Å². The molecule has 0 spiro atoms. The molecule has 1 aliphatic heterocycles. The zero-order valence-corrected chi connectivity index (χ0v) is 18.7. The molecule has 170 valence electrons. The van der Waals surface area contributed by atoms with Crippen molar-refractivity contribution in [3.8, 4) is 0 Å². The second-order valence-corrected chi connectivity index (χ2v) is 10.3. The van der Waals surface area contributed by atoms with Crippen LogP contribution in [0.5, 0.6) is 0 Å². The predicted molar refractivity (Wildman–Crippen MR) is 115 cm³/mol. The number of hydrogen-bond donors (Lipinski definition) is 2. The number of aliphatic hydroxyl groups is 1. The molecule has 2 N–H and O–H groups in total. The SMILES string of the molecule is COCc1nc(N2C[C@@H](C)O[C@@H](C)C2)ncc1C(=O)N[C@H]1C2CC3CC1C[C@@](O)(C3)C2. The monoisotopic (exact) mass is 430 g/mol. The van der Waals surface area contributed by atoms with Gasteiger partial charge in [-0.15, -0.1) is 0 Å². The Hall–Kier alpha value is -1.77. The van der Waals surface area contributed by atoms with E-state index in [4.69, 9.17) is 14.5 Å². The number of anilines is 1. The molecule has 31 heavy (non-hydrogen) atoms. The molecule has 4 aliphatic carbocycles. The van der Waals surface area contributed by atoms with Crippen molar-refractivity contribution >= 4 is 11.9 Å². The number of carbonyl (C=O) groups excluding carboxylic acids is 1. The van der Waals surface area contributed by atoms with Crippen molar-refractivity contribution in [2.24, 2.45) is 17.8 Å². The van der Waals surface area contributed by atoms with E-state index >= 15 is 0 Å². The fourth-order valence-corrected chi connectivity index (χ4v) is 6.78. The molecule has 1 aromatic rings. The zero-order valence-electron chi connectivity index (χ0n) is 18.7. The molecule has 1 aromatic heterocycles. The fraction of sp³-hybridized carbons (Fsp3) is 0.783. The van der Waals surface area contributed by atoms with Crippen molar-refractivity contribution in [1.82, 2.24) is 15.3 Å². The van der Waals surface area contributed by atoms with Crippen LogP contribution in [0.25, 0.3) is 0 Å². The quantitative estimate of drug-likeness (QED) is 0.736. The molecule has 2 unspecified atom stereocenters. The first-order chi connectivity index (χ1) is 14.8. The van der Waals surface area contributed by atoms with Gasteiger partial charge < -0.3 is 24.8 Å². The van der Waals surface area contributed by atoms with Crippen LogP contribution >= 0.6 is 0 Å². The van der Waals surface area contributed by atoms with Gasteiger partial charge in [-0.05, 0) is 63.7 Å². The van der Waals surface area contributed by atoms with Gasteiger partial charge in [-0.25, -0.2) is 9.97 Å². The van der Waals surface area contributed by atoms with Crippen LogP contribution in [-0.2, 0) is 16.1 Å². The van der Waals surface area contributed by atoms with Crippen LogP contribution in [-0.4, -0.2) is 65.0 Å². The number of methoxy groups -OCH3 is 1. The lowest BCUT2D eigenvalue weighted by atomic mass is 9.52. The lowest BCUT2D eigenvalue weighted by Crippen LogP contribution is -2.61. The van der Waals surface area contributed by atoms with Gasteiger partial charge in [0.15, 0.2) is 0 Å². The standard InChI is InChI=1S/C23H34N4O4/c1-13-10-27(11-14(2)31-13)22-24-9-18(19(25-22)12-30-3)21(28)26-20-16-4-15-5-17(20)8-23(29,6-15)7-16/h9,13-17,20,29H,4-8,10-12H2,1-3H3,(H,26,28)/t13-,14+,15?,16?,17?,20-,23+. The molecule has 2 heterocycles. The van der Waals surface area contributed by atoms with Crippen molar-refractivity contribution in [2.75, 3.05) is 25.1 Å². The summed E-state index contributed by atoms with van der Waals surface area (Å²) in [6.45, 7) is 5.78. The molecule has 1 saturated heterocycles. The highest BCUT2D eigenvalue weighted by Gasteiger charge is 2.55. The van der Waals surface area contributed by atoms with Crippen molar-refractivity contribution in [3.63, 3.8) is 0 Å². The van der Waals surface area contributed by atoms with E-state index in [2.05, 4.69) is 15.2 Å². The average molecular weight is 431 g/mol. The molecular weight excluding hydrogens is 396 g/mol. The van der Waals surface area contributed by atoms with Gasteiger partial charge in [-0.3, -0.25) is 4.79 Å². The van der Waals surface area contributed by atoms with E-state index in [1.807, 2.05) is 13.8 Å². The van der Waals surface area contributed by atoms with Crippen LogP contribution in [0.1, 0.15) is 62.0 Å². The number of carbonyl (C=O) groups is 1. The Bertz CT molecular complexity index is 823. The van der Waals surface area contributed by atoms with E-state index in [9.17, 15) is 9.90 Å². The number of morpholine rings is 1. The summed E-state index contributed by atoms with van der Waals surface area (Å²) < 4.78 is 11.2. The number of hydrogen-bond acceptors (Lipinski definition) is 7. The van der Waals surface area contributed by atoms with E-state index in [1.54, 1.807) is 13.3 Å². The second kappa shape index (κ2) is 7.98. The van der Waals surface area contributed by atoms with Gasteiger partial charge in [0, 0.05) is 32.4 Å². The Balaban J connectivity index is 1.34. The van der Waals surface area contributed by atoms with Crippen molar-refractivity contribution in [3.05, 3.63) is 17.5 Å². The topological polar surface area (TPSA) is 96.8 Å². The maximum absolute atomic E-state index is 13.3. The van der Waals surface area contributed by atoms with Crippen LogP contribution in [0.15, 0.2) is 6.20 Å². The van der Waals surface area contributed by atoms with Crippen molar-refractivity contribution in [1.29, 1.82) is 0 Å². The number of nitrogens with zero attached hydrogens (tertiary/aromatic N) is 3. The summed E-state index contributed by atoms with van der Waals surface area (Å²) in [5.41, 5.74) is 0.586. The minimum absolute atomic E-state index is 0.105. The largest absolute Gasteiger partial charge is 0.390 e. The Morgan fingerprint density at radius 1 is 1.26 bits per heavy atom. The molecule has 0 radical (unpaired) electrons. The highest BCUT2D eigenvalue weighted by atomic mass is 16.5. The number of aromatic nitrogens is 2. The molecule has 5 aliphatic rings. The Morgan fingerprint density at radius 3 is 2.55 bits per heavy atom. The molecule has 4 bridgehead atoms. The number of nitrogens with one attached hydrogen (secondary N) is 1. The van der Waals surface area contributed by atoms with Gasteiger partial charge in [0.1, 0.15) is 0 Å². The minimum Gasteiger partial charge on any atom is -0.390 e. The zero-order chi connectivity index (χ0) is 21.8. The molecule has 4 atom stereocenters. The van der Waals surface area contributed by atoms with E-state index in [0.717, 1.165) is 45.2 Å². The van der Waals surface area contributed by atoms with E-state index in [-0.39, 0.29) is 30.8 Å². The summed E-state index contributed by atoms with van der Waals surface area (Å²) in [7, 11) is 1.61. The lowest BCUT2D eigenvalue weighted by Gasteiger charge is -2.58. The summed E-state index contributed by atoms with van der Waals surface area (Å²) in [4.78, 5) is 24.6. The molecule has 6 rings (SSSR count). The Labute approximate surface area is 183 Å². The van der Waals surface area contributed by atoms with Crippen LogP contribution in [0, 0.1) is 17.8 Å². The third kappa shape index (κ3) is 4.05. The first-order valence-corrected chi connectivity index (χ1v) is 11.6. The highest BCUT2D eigenvalue weighted by Crippen LogP contribution is 2.55. The smallest absolute Gasteiger partial charge is 0.255 e. The summed E-state index contributed by atoms with van der Waals surface area (Å²) >= 11 is 0. The van der Waals surface area contributed by atoms with Crippen molar-refractivity contribution in [2.45, 2.75) is 76.4 Å². The normalized spacial score (nSPS) is 39.0. The summed E-state index contributed by atoms with van der Waals surface area (Å²) in [5, 5.41) is 14.1. The number of amides is 1. The third-order valence-corrected chi connectivity index (χ3v) is 7.62. The Kier molecular flexibility index (Phi) is 5.43. The number of rotatable bonds is 5. The van der Waals surface area contributed by atoms with E-state index in [0.29, 0.717) is 35.0 Å². The average Bonchev–Trinajstić information content (AvgIpc) is 2.69. The van der Waals surface area contributed by atoms with Crippen LogP contribution in [0.3, 0.4) is 0 Å². The van der Waals surface area contributed by atoms with E-state index < -0.39 is 5.60 Å². The van der Waals surface area contributed by atoms with Crippen LogP contribution in [0.2, 0.25) is 0 Å². The highest BCUT2D eigenvalue weighted by molar-refractivity contribution is 5.95. The third-order valence-electron chi connectivity index (χ3n) is 7.62. The van der Waals surface area contributed by atoms with Gasteiger partial charge >= 0.3 is 0 Å². The summed E-state index contributed by atoms with van der Waals surface area (Å²) in [6, 6.07) is 0.125. The first kappa shape index (κ1) is 21.1. The summed E-state index contributed by atoms with van der Waals surface area (Å²) in [6.07, 6.45) is 6.61. The van der Waals surface area contributed by atoms with Gasteiger partial charge in [-0.1, -0.05) is 0 Å². The first-order valence-electron chi connectivity index (χ1n) is 11.6. The number of ether oxygens (including phenoxy) is 2. The van der Waals surface area contributed by atoms with Gasteiger partial charge in [0.05, 0.1) is 35.7 Å². The fourth-order valence-electron chi connectivity index (χ4n) is 6.78.